The minimum Gasteiger partial charge on any atom is -0.248 e. The third-order valence-corrected chi connectivity index (χ3v) is 2.64. The zero-order valence-corrected chi connectivity index (χ0v) is 9.50. The molecule has 0 aliphatic carbocycles. The number of aryl methyl sites for hydroxylation is 2. The summed E-state index contributed by atoms with van der Waals surface area (Å²) < 4.78 is 2.25. The van der Waals surface area contributed by atoms with Crippen LogP contribution in [0.2, 0.25) is 0 Å². The SMILES string of the molecule is CC[n+]1cc[nH]c1CCCCCCC#N. The van der Waals surface area contributed by atoms with E-state index >= 15 is 0 Å². The molecule has 15 heavy (non-hydrogen) atoms. The summed E-state index contributed by atoms with van der Waals surface area (Å²) in [7, 11) is 0. The fraction of sp³-hybridized carbons (Fsp3) is 0.667. The topological polar surface area (TPSA) is 43.5 Å². The van der Waals surface area contributed by atoms with Crippen LogP contribution in [0.25, 0.3) is 0 Å². The summed E-state index contributed by atoms with van der Waals surface area (Å²) in [5, 5.41) is 8.38. The second-order valence-corrected chi connectivity index (χ2v) is 3.77. The van der Waals surface area contributed by atoms with Crippen molar-refractivity contribution in [1.82, 2.24) is 4.98 Å². The van der Waals surface area contributed by atoms with Crippen LogP contribution in [0, 0.1) is 11.3 Å². The van der Waals surface area contributed by atoms with Gasteiger partial charge in [-0.05, 0) is 19.8 Å². The molecule has 0 bridgehead atoms. The minimum absolute atomic E-state index is 0.706. The zero-order chi connectivity index (χ0) is 10.9. The number of H-pyrrole nitrogens is 1. The molecule has 0 saturated heterocycles. The highest BCUT2D eigenvalue weighted by Crippen LogP contribution is 2.05. The van der Waals surface area contributed by atoms with Crippen LogP contribution in [0.4, 0.5) is 0 Å². The first kappa shape index (κ1) is 11.8. The van der Waals surface area contributed by atoms with Crippen molar-refractivity contribution in [1.29, 1.82) is 5.26 Å². The van der Waals surface area contributed by atoms with Crippen molar-refractivity contribution in [3.05, 3.63) is 18.2 Å². The molecule has 0 atom stereocenters. The number of imidazole rings is 1. The molecule has 0 radical (unpaired) electrons. The van der Waals surface area contributed by atoms with Crippen LogP contribution in [-0.4, -0.2) is 4.98 Å². The highest BCUT2D eigenvalue weighted by Gasteiger charge is 2.07. The van der Waals surface area contributed by atoms with Gasteiger partial charge in [0.1, 0.15) is 12.4 Å². The molecule has 0 aliphatic heterocycles. The number of hydrogen-bond acceptors (Lipinski definition) is 1. The van der Waals surface area contributed by atoms with Crippen molar-refractivity contribution in [2.75, 3.05) is 0 Å². The van der Waals surface area contributed by atoms with Gasteiger partial charge >= 0.3 is 0 Å². The maximum atomic E-state index is 8.38. The smallest absolute Gasteiger partial charge is 0.248 e. The summed E-state index contributed by atoms with van der Waals surface area (Å²) in [6.07, 6.45) is 10.6. The van der Waals surface area contributed by atoms with Gasteiger partial charge in [-0.15, -0.1) is 0 Å². The Kier molecular flexibility index (Phi) is 5.54. The van der Waals surface area contributed by atoms with Gasteiger partial charge in [-0.1, -0.05) is 12.8 Å². The lowest BCUT2D eigenvalue weighted by Gasteiger charge is -1.98. The Morgan fingerprint density at radius 2 is 2.13 bits per heavy atom. The largest absolute Gasteiger partial charge is 0.254 e. The summed E-state index contributed by atoms with van der Waals surface area (Å²) >= 11 is 0. The van der Waals surface area contributed by atoms with E-state index in [1.165, 1.54) is 25.1 Å². The van der Waals surface area contributed by atoms with Gasteiger partial charge in [0.05, 0.1) is 12.6 Å². The molecular weight excluding hydrogens is 186 g/mol. The van der Waals surface area contributed by atoms with Gasteiger partial charge in [0.15, 0.2) is 0 Å². The Balaban J connectivity index is 2.12. The molecule has 1 rings (SSSR count). The second kappa shape index (κ2) is 7.05. The fourth-order valence-electron chi connectivity index (χ4n) is 1.76. The summed E-state index contributed by atoms with van der Waals surface area (Å²) in [5.74, 6) is 1.32. The predicted molar refractivity (Wildman–Crippen MR) is 59.1 cm³/mol. The lowest BCUT2D eigenvalue weighted by atomic mass is 10.1. The summed E-state index contributed by atoms with van der Waals surface area (Å²) in [5.41, 5.74) is 0. The Labute approximate surface area is 91.7 Å². The number of nitrogens with zero attached hydrogens (tertiary/aromatic N) is 2. The van der Waals surface area contributed by atoms with E-state index in [9.17, 15) is 0 Å². The van der Waals surface area contributed by atoms with Crippen molar-refractivity contribution < 1.29 is 4.57 Å². The van der Waals surface area contributed by atoms with Gasteiger partial charge in [0.2, 0.25) is 0 Å². The molecule has 1 heterocycles. The van der Waals surface area contributed by atoms with Crippen LogP contribution in [0.5, 0.6) is 0 Å². The van der Waals surface area contributed by atoms with E-state index in [1.54, 1.807) is 0 Å². The molecule has 0 spiro atoms. The number of rotatable bonds is 7. The average molecular weight is 206 g/mol. The van der Waals surface area contributed by atoms with Crippen LogP contribution < -0.4 is 4.57 Å². The van der Waals surface area contributed by atoms with Crippen molar-refractivity contribution >= 4 is 0 Å². The Morgan fingerprint density at radius 1 is 1.33 bits per heavy atom. The monoisotopic (exact) mass is 206 g/mol. The number of nitriles is 1. The lowest BCUT2D eigenvalue weighted by molar-refractivity contribution is -0.699. The van der Waals surface area contributed by atoms with E-state index in [0.29, 0.717) is 6.42 Å². The quantitative estimate of drug-likeness (QED) is 0.540. The molecule has 0 unspecified atom stereocenters. The highest BCUT2D eigenvalue weighted by molar-refractivity contribution is 4.77. The molecule has 3 nitrogen and oxygen atoms in total. The van der Waals surface area contributed by atoms with Gasteiger partial charge in [-0.3, -0.25) is 0 Å². The molecule has 82 valence electrons. The maximum Gasteiger partial charge on any atom is 0.254 e. The molecule has 0 aliphatic rings. The first-order valence-electron chi connectivity index (χ1n) is 5.81. The number of aromatic nitrogens is 2. The number of aromatic amines is 1. The normalized spacial score (nSPS) is 10.1. The molecule has 0 aromatic carbocycles. The molecule has 0 fully saturated rings. The van der Waals surface area contributed by atoms with E-state index in [4.69, 9.17) is 5.26 Å². The van der Waals surface area contributed by atoms with E-state index in [2.05, 4.69) is 28.7 Å². The van der Waals surface area contributed by atoms with Crippen LogP contribution in [0.3, 0.4) is 0 Å². The Bertz CT molecular complexity index is 309. The fourth-order valence-corrected chi connectivity index (χ4v) is 1.76. The van der Waals surface area contributed by atoms with E-state index in [1.807, 2.05) is 6.20 Å². The lowest BCUT2D eigenvalue weighted by Crippen LogP contribution is -2.34. The summed E-state index contributed by atoms with van der Waals surface area (Å²) in [6, 6.07) is 2.18. The van der Waals surface area contributed by atoms with Crippen molar-refractivity contribution in [2.45, 2.75) is 52.0 Å². The molecule has 0 amide bonds. The zero-order valence-electron chi connectivity index (χ0n) is 9.50. The average Bonchev–Trinajstić information content (AvgIpc) is 2.70. The van der Waals surface area contributed by atoms with Crippen LogP contribution in [0.1, 0.15) is 44.9 Å². The Morgan fingerprint density at radius 3 is 2.87 bits per heavy atom. The molecule has 0 saturated carbocycles. The van der Waals surface area contributed by atoms with Gasteiger partial charge in [-0.2, -0.15) is 5.26 Å². The van der Waals surface area contributed by atoms with Gasteiger partial charge in [-0.25, -0.2) is 9.55 Å². The number of nitrogens with one attached hydrogen (secondary N) is 1. The Hall–Kier alpha value is -1.30. The number of unbranched alkanes of at least 4 members (excludes halogenated alkanes) is 4. The highest BCUT2D eigenvalue weighted by atomic mass is 15.0. The predicted octanol–water partition coefficient (Wildman–Crippen LogP) is 2.34. The van der Waals surface area contributed by atoms with Crippen molar-refractivity contribution in [3.63, 3.8) is 0 Å². The van der Waals surface area contributed by atoms with Crippen molar-refractivity contribution in [3.8, 4) is 6.07 Å². The van der Waals surface area contributed by atoms with Gasteiger partial charge in [0, 0.05) is 12.8 Å². The maximum absolute atomic E-state index is 8.38. The third kappa shape index (κ3) is 4.16. The molecule has 3 heteroatoms. The third-order valence-electron chi connectivity index (χ3n) is 2.64. The number of hydrogen-bond donors (Lipinski definition) is 1. The summed E-state index contributed by atoms with van der Waals surface area (Å²) in [6.45, 7) is 3.19. The standard InChI is InChI=1S/C12H19N3/c1-2-15-11-10-14-12(15)8-6-4-3-5-7-9-13/h10-11H,2-8H2,1H3/p+1. The van der Waals surface area contributed by atoms with Crippen molar-refractivity contribution in [2.24, 2.45) is 0 Å². The molecule has 1 N–H and O–H groups in total. The first-order chi connectivity index (χ1) is 7.38. The minimum atomic E-state index is 0.706. The van der Waals surface area contributed by atoms with Crippen LogP contribution in [0.15, 0.2) is 12.4 Å². The van der Waals surface area contributed by atoms with Gasteiger partial charge in [0.25, 0.3) is 5.82 Å². The van der Waals surface area contributed by atoms with E-state index < -0.39 is 0 Å². The molecule has 1 aromatic heterocycles. The van der Waals surface area contributed by atoms with E-state index in [-0.39, 0.29) is 0 Å². The van der Waals surface area contributed by atoms with Gasteiger partial charge < -0.3 is 0 Å². The van der Waals surface area contributed by atoms with Crippen LogP contribution >= 0.6 is 0 Å². The van der Waals surface area contributed by atoms with Crippen LogP contribution in [-0.2, 0) is 13.0 Å². The second-order valence-electron chi connectivity index (χ2n) is 3.77. The molecule has 1 aromatic rings. The first-order valence-corrected chi connectivity index (χ1v) is 5.81. The van der Waals surface area contributed by atoms with E-state index in [0.717, 1.165) is 19.4 Å². The summed E-state index contributed by atoms with van der Waals surface area (Å²) in [4.78, 5) is 3.27. The molecular formula is C12H20N3+.